The Morgan fingerprint density at radius 3 is 1.67 bits per heavy atom. The van der Waals surface area contributed by atoms with Gasteiger partial charge >= 0.3 is 0 Å². The number of carbonyl (C=O) groups excluding carboxylic acids is 4. The molecule has 58 heavy (non-hydrogen) atoms. The average molecular weight is 781 g/mol. The molecule has 0 saturated heterocycles. The molecule has 6 aromatic carbocycles. The van der Waals surface area contributed by atoms with Gasteiger partial charge in [-0.1, -0.05) is 81.8 Å². The molecule has 0 fully saturated rings. The summed E-state index contributed by atoms with van der Waals surface area (Å²) in [6.45, 7) is 7.24. The van der Waals surface area contributed by atoms with Crippen LogP contribution in [0.4, 0.5) is 0 Å². The van der Waals surface area contributed by atoms with Crippen LogP contribution in [0.5, 0.6) is 5.75 Å². The van der Waals surface area contributed by atoms with Gasteiger partial charge in [0.15, 0.2) is 0 Å². The number of rotatable bonds is 19. The number of benzene rings is 6. The SMILES string of the molecule is CCCCCCCCCc1cccc(OCC(C)OCC(C)N2C(=O)c3ccc4c5ccc6c7c(ccc(c8ccc(c3c48)C2=O)c75)C(=O)N(CCCOC)C6=O)c1. The van der Waals surface area contributed by atoms with Crippen LogP contribution in [0.15, 0.2) is 72.8 Å². The predicted molar refractivity (Wildman–Crippen MR) is 229 cm³/mol. The first-order valence-corrected chi connectivity index (χ1v) is 21.0. The molecule has 300 valence electrons. The number of nitrogens with zero attached hydrogens (tertiary/aromatic N) is 2. The highest BCUT2D eigenvalue weighted by molar-refractivity contribution is 6.41. The fourth-order valence-electron chi connectivity index (χ4n) is 9.02. The normalized spacial score (nSPS) is 15.2. The lowest BCUT2D eigenvalue weighted by atomic mass is 9.82. The van der Waals surface area contributed by atoms with Crippen LogP contribution in [0, 0.1) is 0 Å². The fourth-order valence-corrected chi connectivity index (χ4v) is 9.02. The summed E-state index contributed by atoms with van der Waals surface area (Å²) in [7, 11) is 1.60. The van der Waals surface area contributed by atoms with Crippen molar-refractivity contribution in [2.45, 2.75) is 90.7 Å². The third-order valence-electron chi connectivity index (χ3n) is 12.0. The molecule has 2 unspecified atom stereocenters. The van der Waals surface area contributed by atoms with Gasteiger partial charge in [-0.25, -0.2) is 0 Å². The summed E-state index contributed by atoms with van der Waals surface area (Å²) in [6, 6.07) is 22.6. The Labute approximate surface area is 339 Å². The Hall–Kier alpha value is -5.38. The van der Waals surface area contributed by atoms with Crippen LogP contribution in [0.2, 0.25) is 0 Å². The van der Waals surface area contributed by atoms with Gasteiger partial charge in [-0.2, -0.15) is 0 Å². The number of ether oxygens (including phenoxy) is 3. The van der Waals surface area contributed by atoms with Crippen LogP contribution in [0.1, 0.15) is 119 Å². The molecule has 4 amide bonds. The van der Waals surface area contributed by atoms with Gasteiger partial charge in [0, 0.05) is 53.3 Å². The number of hydrogen-bond donors (Lipinski definition) is 0. The molecule has 8 rings (SSSR count). The monoisotopic (exact) mass is 780 g/mol. The molecule has 9 heteroatoms. The van der Waals surface area contributed by atoms with Crippen molar-refractivity contribution in [2.24, 2.45) is 0 Å². The average Bonchev–Trinajstić information content (AvgIpc) is 3.23. The lowest BCUT2D eigenvalue weighted by Gasteiger charge is -2.33. The molecule has 2 aliphatic rings. The van der Waals surface area contributed by atoms with Crippen LogP contribution in [-0.2, 0) is 15.9 Å². The summed E-state index contributed by atoms with van der Waals surface area (Å²) < 4.78 is 17.4. The zero-order valence-corrected chi connectivity index (χ0v) is 34.0. The molecule has 0 spiro atoms. The first-order valence-electron chi connectivity index (χ1n) is 21.0. The Morgan fingerprint density at radius 2 is 1.12 bits per heavy atom. The predicted octanol–water partition coefficient (Wildman–Crippen LogP) is 10.1. The first kappa shape index (κ1) is 39.4. The first-order chi connectivity index (χ1) is 28.2. The molecule has 0 aromatic heterocycles. The summed E-state index contributed by atoms with van der Waals surface area (Å²) in [6.07, 6.45) is 10.3. The van der Waals surface area contributed by atoms with E-state index in [-0.39, 0.29) is 42.9 Å². The molecular weight excluding hydrogens is 729 g/mol. The Morgan fingerprint density at radius 1 is 0.586 bits per heavy atom. The number of methoxy groups -OCH3 is 1. The van der Waals surface area contributed by atoms with Crippen LogP contribution >= 0.6 is 0 Å². The minimum Gasteiger partial charge on any atom is -0.491 e. The van der Waals surface area contributed by atoms with E-state index in [4.69, 9.17) is 14.2 Å². The summed E-state index contributed by atoms with van der Waals surface area (Å²) in [5.41, 5.74) is 3.17. The van der Waals surface area contributed by atoms with Crippen molar-refractivity contribution in [3.8, 4) is 5.75 Å². The van der Waals surface area contributed by atoms with Crippen molar-refractivity contribution in [2.75, 3.05) is 33.5 Å². The molecular formula is C49H52N2O7. The molecule has 2 heterocycles. The number of aryl methyl sites for hydroxylation is 1. The van der Waals surface area contributed by atoms with Crippen molar-refractivity contribution in [1.82, 2.24) is 9.80 Å². The van der Waals surface area contributed by atoms with E-state index in [0.29, 0.717) is 52.7 Å². The van der Waals surface area contributed by atoms with Crippen LogP contribution in [0.3, 0.4) is 0 Å². The number of hydrogen-bond acceptors (Lipinski definition) is 7. The molecule has 9 nitrogen and oxygen atoms in total. The van der Waals surface area contributed by atoms with Gasteiger partial charge in [0.05, 0.1) is 18.8 Å². The highest BCUT2D eigenvalue weighted by Gasteiger charge is 2.38. The highest BCUT2D eigenvalue weighted by Crippen LogP contribution is 2.46. The number of amides is 4. The maximum Gasteiger partial charge on any atom is 0.261 e. The van der Waals surface area contributed by atoms with Crippen molar-refractivity contribution in [3.63, 3.8) is 0 Å². The molecule has 2 aliphatic heterocycles. The number of carbonyl (C=O) groups is 4. The van der Waals surface area contributed by atoms with E-state index in [1.807, 2.05) is 50.2 Å². The molecule has 0 bridgehead atoms. The van der Waals surface area contributed by atoms with Crippen molar-refractivity contribution < 1.29 is 33.4 Å². The Kier molecular flexibility index (Phi) is 11.5. The lowest BCUT2D eigenvalue weighted by Crippen LogP contribution is -2.48. The summed E-state index contributed by atoms with van der Waals surface area (Å²) in [5, 5.41) is 6.36. The number of unbranched alkanes of at least 4 members (excludes halogenated alkanes) is 6. The number of fused-ring (bicyclic) bond motifs is 2. The van der Waals surface area contributed by atoms with Gasteiger partial charge in [0.25, 0.3) is 23.6 Å². The Bertz CT molecular complexity index is 2420. The molecule has 6 aromatic rings. The topological polar surface area (TPSA) is 102 Å². The van der Waals surface area contributed by atoms with E-state index in [2.05, 4.69) is 19.1 Å². The van der Waals surface area contributed by atoms with Gasteiger partial charge in [0.2, 0.25) is 0 Å². The van der Waals surface area contributed by atoms with E-state index >= 15 is 0 Å². The summed E-state index contributed by atoms with van der Waals surface area (Å²) in [5.74, 6) is -0.542. The zero-order valence-electron chi connectivity index (χ0n) is 34.0. The maximum absolute atomic E-state index is 14.2. The van der Waals surface area contributed by atoms with E-state index in [0.717, 1.165) is 44.5 Å². The van der Waals surface area contributed by atoms with E-state index in [1.165, 1.54) is 60.3 Å². The molecule has 0 radical (unpaired) electrons. The quantitative estimate of drug-likeness (QED) is 0.0349. The minimum absolute atomic E-state index is 0.163. The third kappa shape index (κ3) is 7.09. The van der Waals surface area contributed by atoms with Crippen molar-refractivity contribution in [1.29, 1.82) is 0 Å². The highest BCUT2D eigenvalue weighted by atomic mass is 16.5. The van der Waals surface area contributed by atoms with Crippen molar-refractivity contribution >= 4 is 66.7 Å². The minimum atomic E-state index is -0.524. The van der Waals surface area contributed by atoms with Crippen LogP contribution < -0.4 is 4.74 Å². The summed E-state index contributed by atoms with van der Waals surface area (Å²) in [4.78, 5) is 58.5. The van der Waals surface area contributed by atoms with Gasteiger partial charge < -0.3 is 14.2 Å². The van der Waals surface area contributed by atoms with E-state index in [1.54, 1.807) is 31.4 Å². The lowest BCUT2D eigenvalue weighted by molar-refractivity contribution is 0.00253. The molecule has 2 atom stereocenters. The van der Waals surface area contributed by atoms with E-state index < -0.39 is 6.04 Å². The van der Waals surface area contributed by atoms with Gasteiger partial charge in [-0.15, -0.1) is 0 Å². The second-order valence-electron chi connectivity index (χ2n) is 16.1. The number of imide groups is 2. The van der Waals surface area contributed by atoms with Gasteiger partial charge in [-0.3, -0.25) is 29.0 Å². The zero-order chi connectivity index (χ0) is 40.5. The standard InChI is InChI=1S/C49H52N2O7/c1-5-6-7-8-9-10-11-14-32-15-12-16-33(27-32)58-29-31(3)57-28-30(2)51-48(54)40-23-19-36-34-17-21-38-44-39(47(53)50(46(38)52)25-13-26-56-4)22-18-35(42(34)44)37-20-24-41(49(51)55)45(40)43(36)37/h12,15-24,27,30-31H,5-11,13-14,25-26,28-29H2,1-4H3. The van der Waals surface area contributed by atoms with Gasteiger partial charge in [-0.05, 0) is 107 Å². The second-order valence-corrected chi connectivity index (χ2v) is 16.1. The van der Waals surface area contributed by atoms with Crippen LogP contribution in [0.25, 0.3) is 43.1 Å². The molecule has 0 aliphatic carbocycles. The Balaban J connectivity index is 0.980. The molecule has 0 saturated carbocycles. The summed E-state index contributed by atoms with van der Waals surface area (Å²) >= 11 is 0. The van der Waals surface area contributed by atoms with E-state index in [9.17, 15) is 19.2 Å². The van der Waals surface area contributed by atoms with Gasteiger partial charge in [0.1, 0.15) is 12.4 Å². The fraction of sp³-hybridized carbons (Fsp3) is 0.388. The maximum atomic E-state index is 14.2. The molecule has 0 N–H and O–H groups in total. The largest absolute Gasteiger partial charge is 0.491 e. The second kappa shape index (κ2) is 16.8. The smallest absolute Gasteiger partial charge is 0.261 e. The van der Waals surface area contributed by atoms with Crippen molar-refractivity contribution in [3.05, 3.63) is 101 Å². The third-order valence-corrected chi connectivity index (χ3v) is 12.0. The van der Waals surface area contributed by atoms with Crippen LogP contribution in [-0.4, -0.2) is 79.0 Å².